The highest BCUT2D eigenvalue weighted by molar-refractivity contribution is 5.31. The molecule has 2 nitrogen and oxygen atoms in total. The summed E-state index contributed by atoms with van der Waals surface area (Å²) in [5, 5.41) is 0. The molecule has 0 spiro atoms. The lowest BCUT2D eigenvalue weighted by atomic mass is 9.70. The fourth-order valence-electron chi connectivity index (χ4n) is 6.89. The van der Waals surface area contributed by atoms with Gasteiger partial charge in [0.25, 0.3) is 0 Å². The summed E-state index contributed by atoms with van der Waals surface area (Å²) < 4.78 is 4.87. The van der Waals surface area contributed by atoms with Crippen LogP contribution in [0.25, 0.3) is 0 Å². The van der Waals surface area contributed by atoms with Crippen LogP contribution in [-0.4, -0.2) is 4.57 Å². The van der Waals surface area contributed by atoms with Crippen molar-refractivity contribution in [3.8, 4) is 0 Å². The van der Waals surface area contributed by atoms with E-state index in [2.05, 4.69) is 133 Å². The quantitative estimate of drug-likeness (QED) is 0.0688. The Labute approximate surface area is 263 Å². The molecule has 0 aliphatic heterocycles. The van der Waals surface area contributed by atoms with E-state index in [9.17, 15) is 0 Å². The van der Waals surface area contributed by atoms with Crippen LogP contribution in [0.4, 0.5) is 0 Å². The molecule has 0 fully saturated rings. The summed E-state index contributed by atoms with van der Waals surface area (Å²) in [7, 11) is 0. The number of nitrogens with zero attached hydrogens (tertiary/aromatic N) is 2. The Morgan fingerprint density at radius 3 is 1.65 bits per heavy atom. The number of unbranched alkanes of at least 4 members (excludes halogenated alkanes) is 12. The van der Waals surface area contributed by atoms with Gasteiger partial charge in [-0.15, -0.1) is 0 Å². The highest BCUT2D eigenvalue weighted by Crippen LogP contribution is 2.41. The number of imidazole rings is 1. The largest absolute Gasteiger partial charge is 0.244 e. The predicted octanol–water partition coefficient (Wildman–Crippen LogP) is 11.0. The molecular formula is C41H57N2+. The van der Waals surface area contributed by atoms with Crippen molar-refractivity contribution >= 4 is 0 Å². The number of rotatable bonds is 21. The third kappa shape index (κ3) is 10.8. The first-order valence-electron chi connectivity index (χ1n) is 17.4. The highest BCUT2D eigenvalue weighted by atomic mass is 15.1. The Balaban J connectivity index is 1.40. The first-order valence-corrected chi connectivity index (χ1v) is 17.4. The van der Waals surface area contributed by atoms with Gasteiger partial charge in [0, 0.05) is 5.41 Å². The maximum Gasteiger partial charge on any atom is 0.244 e. The molecule has 230 valence electrons. The van der Waals surface area contributed by atoms with Gasteiger partial charge in [-0.3, -0.25) is 0 Å². The van der Waals surface area contributed by atoms with E-state index in [-0.39, 0.29) is 5.41 Å². The van der Waals surface area contributed by atoms with Gasteiger partial charge in [0.1, 0.15) is 25.0 Å². The molecule has 4 rings (SSSR count). The number of benzene rings is 3. The minimum atomic E-state index is -0.0245. The van der Waals surface area contributed by atoms with Crippen molar-refractivity contribution in [1.82, 2.24) is 4.57 Å². The van der Waals surface area contributed by atoms with Crippen molar-refractivity contribution < 1.29 is 4.57 Å². The molecule has 2 heteroatoms. The predicted molar refractivity (Wildman–Crippen MR) is 183 cm³/mol. The molecule has 1 heterocycles. The van der Waals surface area contributed by atoms with Gasteiger partial charge in [-0.2, -0.15) is 0 Å². The second-order valence-electron chi connectivity index (χ2n) is 13.0. The van der Waals surface area contributed by atoms with Gasteiger partial charge in [-0.1, -0.05) is 182 Å². The van der Waals surface area contributed by atoms with Crippen LogP contribution in [-0.2, 0) is 18.4 Å². The topological polar surface area (TPSA) is 8.81 Å². The number of aromatic nitrogens is 2. The van der Waals surface area contributed by atoms with Crippen molar-refractivity contribution in [2.45, 2.75) is 128 Å². The molecule has 0 radical (unpaired) electrons. The zero-order chi connectivity index (χ0) is 30.0. The molecular weight excluding hydrogens is 520 g/mol. The smallest absolute Gasteiger partial charge is 0.233 e. The molecule has 3 aromatic carbocycles. The van der Waals surface area contributed by atoms with E-state index in [1.54, 1.807) is 0 Å². The molecule has 4 aromatic rings. The van der Waals surface area contributed by atoms with Gasteiger partial charge in [-0.25, -0.2) is 9.13 Å². The standard InChI is InChI=1S/C41H57N2/c1-3-4-5-6-7-8-9-10-11-12-13-14-24-31-40(43-33-32-42(36-43)35-38-27-20-16-21-28-38)41(2,39-29-22-17-23-30-39)34-37-25-18-15-19-26-37/h15-23,25-30,32-33,36,40H,3-14,24,31,34-35H2,1-2H3/q+1. The minimum absolute atomic E-state index is 0.0245. The van der Waals surface area contributed by atoms with Crippen LogP contribution in [0, 0.1) is 0 Å². The Bertz CT molecular complexity index is 1250. The molecule has 0 saturated carbocycles. The van der Waals surface area contributed by atoms with Crippen LogP contribution in [0.1, 0.15) is 126 Å². The lowest BCUT2D eigenvalue weighted by Crippen LogP contribution is -2.38. The molecule has 0 amide bonds. The Morgan fingerprint density at radius 1 is 0.605 bits per heavy atom. The average Bonchev–Trinajstić information content (AvgIpc) is 3.50. The third-order valence-corrected chi connectivity index (χ3v) is 9.44. The summed E-state index contributed by atoms with van der Waals surface area (Å²) in [6.45, 7) is 5.71. The van der Waals surface area contributed by atoms with E-state index in [4.69, 9.17) is 0 Å². The van der Waals surface area contributed by atoms with Gasteiger partial charge < -0.3 is 0 Å². The van der Waals surface area contributed by atoms with E-state index in [1.165, 1.54) is 107 Å². The van der Waals surface area contributed by atoms with Gasteiger partial charge >= 0.3 is 0 Å². The summed E-state index contributed by atoms with van der Waals surface area (Å²) in [5.74, 6) is 0. The number of hydrogen-bond donors (Lipinski definition) is 0. The van der Waals surface area contributed by atoms with E-state index in [1.807, 2.05) is 0 Å². The molecule has 43 heavy (non-hydrogen) atoms. The van der Waals surface area contributed by atoms with E-state index in [0.29, 0.717) is 6.04 Å². The lowest BCUT2D eigenvalue weighted by molar-refractivity contribution is -0.688. The van der Waals surface area contributed by atoms with Gasteiger partial charge in [0.2, 0.25) is 6.33 Å². The van der Waals surface area contributed by atoms with Crippen molar-refractivity contribution in [2.24, 2.45) is 0 Å². The van der Waals surface area contributed by atoms with Crippen LogP contribution < -0.4 is 4.57 Å². The maximum absolute atomic E-state index is 2.53. The van der Waals surface area contributed by atoms with Crippen LogP contribution in [0.15, 0.2) is 110 Å². The maximum atomic E-state index is 2.53. The van der Waals surface area contributed by atoms with Crippen molar-refractivity contribution in [1.29, 1.82) is 0 Å². The fourth-order valence-corrected chi connectivity index (χ4v) is 6.89. The zero-order valence-corrected chi connectivity index (χ0v) is 27.2. The molecule has 0 aliphatic carbocycles. The zero-order valence-electron chi connectivity index (χ0n) is 27.2. The van der Waals surface area contributed by atoms with Crippen molar-refractivity contribution in [2.75, 3.05) is 0 Å². The fraction of sp³-hybridized carbons (Fsp3) is 0.488. The van der Waals surface area contributed by atoms with Crippen molar-refractivity contribution in [3.05, 3.63) is 126 Å². The van der Waals surface area contributed by atoms with Crippen LogP contribution in [0.3, 0.4) is 0 Å². The average molecular weight is 578 g/mol. The summed E-state index contributed by atoms with van der Waals surface area (Å²) in [4.78, 5) is 0. The van der Waals surface area contributed by atoms with Crippen LogP contribution in [0.2, 0.25) is 0 Å². The lowest BCUT2D eigenvalue weighted by Gasteiger charge is -2.37. The van der Waals surface area contributed by atoms with Gasteiger partial charge in [-0.05, 0) is 36.0 Å². The molecule has 2 unspecified atom stereocenters. The van der Waals surface area contributed by atoms with E-state index in [0.717, 1.165) is 13.0 Å². The van der Waals surface area contributed by atoms with Gasteiger partial charge in [0.15, 0.2) is 0 Å². The minimum Gasteiger partial charge on any atom is -0.233 e. The summed E-state index contributed by atoms with van der Waals surface area (Å²) in [5.41, 5.74) is 4.16. The van der Waals surface area contributed by atoms with Crippen LogP contribution >= 0.6 is 0 Å². The number of hydrogen-bond acceptors (Lipinski definition) is 0. The second-order valence-corrected chi connectivity index (χ2v) is 13.0. The Hall–Kier alpha value is -3.13. The molecule has 0 bridgehead atoms. The monoisotopic (exact) mass is 577 g/mol. The molecule has 0 saturated heterocycles. The summed E-state index contributed by atoms with van der Waals surface area (Å²) in [6.07, 6.45) is 27.3. The highest BCUT2D eigenvalue weighted by Gasteiger charge is 2.40. The third-order valence-electron chi connectivity index (χ3n) is 9.44. The first kappa shape index (κ1) is 32.8. The molecule has 0 aliphatic rings. The second kappa shape index (κ2) is 18.5. The van der Waals surface area contributed by atoms with E-state index >= 15 is 0 Å². The molecule has 0 N–H and O–H groups in total. The summed E-state index contributed by atoms with van der Waals surface area (Å²) in [6, 6.07) is 33.6. The van der Waals surface area contributed by atoms with Crippen molar-refractivity contribution in [3.63, 3.8) is 0 Å². The van der Waals surface area contributed by atoms with E-state index < -0.39 is 0 Å². The molecule has 2 atom stereocenters. The van der Waals surface area contributed by atoms with Gasteiger partial charge in [0.05, 0.1) is 0 Å². The summed E-state index contributed by atoms with van der Waals surface area (Å²) >= 11 is 0. The first-order chi connectivity index (χ1) is 21.2. The Kier molecular flexibility index (Phi) is 14.1. The molecule has 1 aromatic heterocycles. The SMILES string of the molecule is CCCCCCCCCCCCCCCC(n1cc[n+](Cc2ccccc2)c1)C(C)(Cc1ccccc1)c1ccccc1. The normalized spacial score (nSPS) is 13.5. The van der Waals surface area contributed by atoms with Crippen LogP contribution in [0.5, 0.6) is 0 Å². The Morgan fingerprint density at radius 2 is 1.09 bits per heavy atom.